The number of thioether (sulfide) groups is 1. The Kier molecular flexibility index (Phi) is 6.91. The summed E-state index contributed by atoms with van der Waals surface area (Å²) in [5.41, 5.74) is 5.26. The van der Waals surface area contributed by atoms with Crippen molar-refractivity contribution in [1.29, 1.82) is 0 Å². The molecule has 1 saturated carbocycles. The number of benzene rings is 1. The van der Waals surface area contributed by atoms with Crippen LogP contribution in [0.1, 0.15) is 54.2 Å². The van der Waals surface area contributed by atoms with E-state index in [9.17, 15) is 9.59 Å². The van der Waals surface area contributed by atoms with Gasteiger partial charge in [0, 0.05) is 18.5 Å². The van der Waals surface area contributed by atoms with Gasteiger partial charge in [-0.1, -0.05) is 31.0 Å². The summed E-state index contributed by atoms with van der Waals surface area (Å²) in [6, 6.07) is 6.62. The topological polar surface area (TPSA) is 98.1 Å². The molecule has 1 aromatic heterocycles. The van der Waals surface area contributed by atoms with Gasteiger partial charge in [0.1, 0.15) is 11.6 Å². The van der Waals surface area contributed by atoms with Crippen LogP contribution in [-0.4, -0.2) is 39.4 Å². The van der Waals surface area contributed by atoms with Crippen LogP contribution in [0.15, 0.2) is 29.4 Å². The minimum Gasteiger partial charge on any atom is -0.497 e. The Hall–Kier alpha value is -2.55. The number of hydrogen-bond donors (Lipinski definition) is 2. The first-order valence-electron chi connectivity index (χ1n) is 9.34. The lowest BCUT2D eigenvalue weighted by atomic mass is 9.89. The van der Waals surface area contributed by atoms with Crippen LogP contribution < -0.4 is 15.6 Å². The van der Waals surface area contributed by atoms with E-state index in [0.717, 1.165) is 18.7 Å². The smallest absolute Gasteiger partial charge is 0.269 e. The fourth-order valence-electron chi connectivity index (χ4n) is 3.28. The first-order valence-corrected chi connectivity index (χ1v) is 10.3. The molecule has 9 heteroatoms. The normalized spacial score (nSPS) is 14.5. The Morgan fingerprint density at radius 1 is 1.14 bits per heavy atom. The average molecular weight is 404 g/mol. The third-order valence-corrected chi connectivity index (χ3v) is 5.86. The molecule has 1 aliphatic carbocycles. The second kappa shape index (κ2) is 9.59. The zero-order chi connectivity index (χ0) is 19.9. The van der Waals surface area contributed by atoms with Gasteiger partial charge >= 0.3 is 0 Å². The molecule has 0 radical (unpaired) electrons. The van der Waals surface area contributed by atoms with E-state index >= 15 is 0 Å². The molecule has 3 rings (SSSR count). The van der Waals surface area contributed by atoms with Crippen LogP contribution in [-0.2, 0) is 11.8 Å². The zero-order valence-corrected chi connectivity index (χ0v) is 16.9. The predicted molar refractivity (Wildman–Crippen MR) is 106 cm³/mol. The molecule has 2 amide bonds. The van der Waals surface area contributed by atoms with Gasteiger partial charge < -0.3 is 9.30 Å². The molecule has 150 valence electrons. The van der Waals surface area contributed by atoms with E-state index in [1.165, 1.54) is 31.0 Å². The first-order chi connectivity index (χ1) is 13.6. The second-order valence-electron chi connectivity index (χ2n) is 6.75. The van der Waals surface area contributed by atoms with Gasteiger partial charge in [-0.15, -0.1) is 10.2 Å². The average Bonchev–Trinajstić information content (AvgIpc) is 3.11. The van der Waals surface area contributed by atoms with Crippen molar-refractivity contribution in [3.8, 4) is 5.75 Å². The summed E-state index contributed by atoms with van der Waals surface area (Å²) < 4.78 is 7.03. The van der Waals surface area contributed by atoms with Gasteiger partial charge in [0.2, 0.25) is 5.91 Å². The number of carbonyl (C=O) groups excluding carboxylic acids is 2. The van der Waals surface area contributed by atoms with Crippen LogP contribution in [0.4, 0.5) is 0 Å². The van der Waals surface area contributed by atoms with Crippen LogP contribution in [0.5, 0.6) is 5.75 Å². The summed E-state index contributed by atoms with van der Waals surface area (Å²) in [5.74, 6) is 1.55. The molecular formula is C19H25N5O3S. The monoisotopic (exact) mass is 403 g/mol. The van der Waals surface area contributed by atoms with Crippen molar-refractivity contribution in [3.63, 3.8) is 0 Å². The number of ether oxygens (including phenoxy) is 1. The van der Waals surface area contributed by atoms with Gasteiger partial charge in [-0.05, 0) is 37.1 Å². The van der Waals surface area contributed by atoms with Gasteiger partial charge in [0.15, 0.2) is 5.16 Å². The van der Waals surface area contributed by atoms with E-state index in [2.05, 4.69) is 21.0 Å². The fourth-order valence-corrected chi connectivity index (χ4v) is 3.99. The summed E-state index contributed by atoms with van der Waals surface area (Å²) in [6.45, 7) is 0. The first kappa shape index (κ1) is 20.2. The maximum atomic E-state index is 12.1. The van der Waals surface area contributed by atoms with Gasteiger partial charge in [0.05, 0.1) is 12.9 Å². The highest BCUT2D eigenvalue weighted by Crippen LogP contribution is 2.32. The van der Waals surface area contributed by atoms with Crippen LogP contribution in [0.3, 0.4) is 0 Å². The summed E-state index contributed by atoms with van der Waals surface area (Å²) in [7, 11) is 3.50. The van der Waals surface area contributed by atoms with Gasteiger partial charge in [-0.25, -0.2) is 0 Å². The summed E-state index contributed by atoms with van der Waals surface area (Å²) in [4.78, 5) is 24.1. The lowest BCUT2D eigenvalue weighted by Gasteiger charge is -2.20. The minimum absolute atomic E-state index is 0.138. The van der Waals surface area contributed by atoms with Crippen molar-refractivity contribution < 1.29 is 14.3 Å². The lowest BCUT2D eigenvalue weighted by Crippen LogP contribution is -2.42. The van der Waals surface area contributed by atoms with E-state index in [1.54, 1.807) is 31.4 Å². The molecule has 0 unspecified atom stereocenters. The molecule has 1 fully saturated rings. The molecule has 0 aliphatic heterocycles. The van der Waals surface area contributed by atoms with Crippen molar-refractivity contribution >= 4 is 23.6 Å². The third kappa shape index (κ3) is 5.03. The van der Waals surface area contributed by atoms with Gasteiger partial charge in [-0.2, -0.15) is 0 Å². The van der Waals surface area contributed by atoms with Crippen LogP contribution in [0.25, 0.3) is 0 Å². The molecule has 8 nitrogen and oxygen atoms in total. The Balaban J connectivity index is 1.46. The van der Waals surface area contributed by atoms with E-state index in [4.69, 9.17) is 4.74 Å². The molecule has 0 bridgehead atoms. The highest BCUT2D eigenvalue weighted by atomic mass is 32.2. The van der Waals surface area contributed by atoms with E-state index < -0.39 is 0 Å². The number of hydrogen-bond acceptors (Lipinski definition) is 6. The molecule has 1 aliphatic rings. The fraction of sp³-hybridized carbons (Fsp3) is 0.474. The lowest BCUT2D eigenvalue weighted by molar-refractivity contribution is -0.119. The molecular weight excluding hydrogens is 378 g/mol. The zero-order valence-electron chi connectivity index (χ0n) is 16.1. The van der Waals surface area contributed by atoms with E-state index in [0.29, 0.717) is 22.4 Å². The number of hydrazine groups is 1. The van der Waals surface area contributed by atoms with Gasteiger partial charge in [-0.3, -0.25) is 20.4 Å². The SMILES string of the molecule is COc1ccc(C(=O)NNC(=O)CSc2nnc(C3CCCCC3)n2C)cc1. The molecule has 0 atom stereocenters. The van der Waals surface area contributed by atoms with E-state index in [1.807, 2.05) is 11.6 Å². The molecule has 0 spiro atoms. The Bertz CT molecular complexity index is 815. The molecule has 1 heterocycles. The number of carbonyl (C=O) groups is 2. The van der Waals surface area contributed by atoms with Crippen molar-refractivity contribution in [3.05, 3.63) is 35.7 Å². The molecule has 1 aromatic carbocycles. The summed E-state index contributed by atoms with van der Waals surface area (Å²) >= 11 is 1.30. The standard InChI is InChI=1S/C19H25N5O3S/c1-24-17(13-6-4-3-5-7-13)21-23-19(24)28-12-16(25)20-22-18(26)14-8-10-15(27-2)11-9-14/h8-11,13H,3-7,12H2,1-2H3,(H,20,25)(H,22,26). The van der Waals surface area contributed by atoms with Crippen LogP contribution in [0.2, 0.25) is 0 Å². The number of methoxy groups -OCH3 is 1. The minimum atomic E-state index is -0.390. The quantitative estimate of drug-likeness (QED) is 0.568. The number of nitrogens with one attached hydrogen (secondary N) is 2. The summed E-state index contributed by atoms with van der Waals surface area (Å²) in [5, 5.41) is 9.25. The van der Waals surface area contributed by atoms with E-state index in [-0.39, 0.29) is 17.6 Å². The third-order valence-electron chi connectivity index (χ3n) is 4.84. The van der Waals surface area contributed by atoms with Crippen molar-refractivity contribution in [2.75, 3.05) is 12.9 Å². The molecule has 28 heavy (non-hydrogen) atoms. The summed E-state index contributed by atoms with van der Waals surface area (Å²) in [6.07, 6.45) is 6.05. The number of amides is 2. The maximum Gasteiger partial charge on any atom is 0.269 e. The van der Waals surface area contributed by atoms with Crippen molar-refractivity contribution in [2.24, 2.45) is 7.05 Å². The predicted octanol–water partition coefficient (Wildman–Crippen LogP) is 2.42. The number of aromatic nitrogens is 3. The maximum absolute atomic E-state index is 12.1. The Morgan fingerprint density at radius 2 is 1.86 bits per heavy atom. The van der Waals surface area contributed by atoms with Crippen LogP contribution in [0, 0.1) is 0 Å². The van der Waals surface area contributed by atoms with Gasteiger partial charge in [0.25, 0.3) is 5.91 Å². The molecule has 2 N–H and O–H groups in total. The molecule has 0 saturated heterocycles. The van der Waals surface area contributed by atoms with Crippen LogP contribution >= 0.6 is 11.8 Å². The van der Waals surface area contributed by atoms with Crippen molar-refractivity contribution in [2.45, 2.75) is 43.2 Å². The Labute approximate surface area is 168 Å². The number of rotatable bonds is 6. The number of nitrogens with zero attached hydrogens (tertiary/aromatic N) is 3. The Morgan fingerprint density at radius 3 is 2.54 bits per heavy atom. The highest BCUT2D eigenvalue weighted by molar-refractivity contribution is 7.99. The molecule has 2 aromatic rings. The second-order valence-corrected chi connectivity index (χ2v) is 7.70. The van der Waals surface area contributed by atoms with Crippen molar-refractivity contribution in [1.82, 2.24) is 25.6 Å². The highest BCUT2D eigenvalue weighted by Gasteiger charge is 2.22. The largest absolute Gasteiger partial charge is 0.497 e.